The fourth-order valence-electron chi connectivity index (χ4n) is 2.87. The summed E-state index contributed by atoms with van der Waals surface area (Å²) in [5.74, 6) is -1.64. The van der Waals surface area contributed by atoms with E-state index in [1.165, 1.54) is 17.0 Å². The molecule has 2 saturated heterocycles. The Balaban J connectivity index is 1.73. The lowest BCUT2D eigenvalue weighted by Crippen LogP contribution is -2.34. The maximum absolute atomic E-state index is 14.4. The number of sulfone groups is 1. The average molecular weight is 386 g/mol. The Kier molecular flexibility index (Phi) is 4.76. The molecule has 0 unspecified atom stereocenters. The second-order valence-corrected chi connectivity index (χ2v) is 8.33. The van der Waals surface area contributed by atoms with Gasteiger partial charge < -0.3 is 19.9 Å². The molecule has 0 spiro atoms. The zero-order chi connectivity index (χ0) is 19.1. The summed E-state index contributed by atoms with van der Waals surface area (Å²) in [5.41, 5.74) is 0.363. The summed E-state index contributed by atoms with van der Waals surface area (Å²) in [6, 6.07) is 4.00. The Labute approximate surface area is 149 Å². The quantitative estimate of drug-likeness (QED) is 0.700. The molecule has 2 fully saturated rings. The molecule has 0 saturated carbocycles. The fraction of sp³-hybridized carbons (Fsp3) is 0.467. The number of halogens is 1. The first-order chi connectivity index (χ1) is 12.2. The molecule has 3 rings (SSSR count). The van der Waals surface area contributed by atoms with E-state index in [2.05, 4.69) is 0 Å². The van der Waals surface area contributed by atoms with Crippen LogP contribution in [0.4, 0.5) is 20.6 Å². The number of amides is 2. The molecule has 9 nitrogen and oxygen atoms in total. The third-order valence-electron chi connectivity index (χ3n) is 4.20. The molecular weight excluding hydrogens is 369 g/mol. The number of hydroxylamine groups is 2. The molecule has 11 heteroatoms. The SMILES string of the molecule is CC(=O)N([O-])C[C@@H]1CN(c2ccc(N3CCS(=O)(=O)C3)c(F)c2)C(=O)O1. The normalized spacial score (nSPS) is 21.8. The van der Waals surface area contributed by atoms with E-state index in [1.54, 1.807) is 0 Å². The van der Waals surface area contributed by atoms with Crippen molar-refractivity contribution in [3.63, 3.8) is 0 Å². The van der Waals surface area contributed by atoms with Gasteiger partial charge in [0.2, 0.25) is 5.91 Å². The van der Waals surface area contributed by atoms with Crippen LogP contribution in [0.1, 0.15) is 6.92 Å². The van der Waals surface area contributed by atoms with Crippen molar-refractivity contribution in [2.45, 2.75) is 13.0 Å². The molecule has 142 valence electrons. The average Bonchev–Trinajstić information content (AvgIpc) is 3.09. The number of cyclic esters (lactones) is 1. The largest absolute Gasteiger partial charge is 0.756 e. The van der Waals surface area contributed by atoms with E-state index in [1.807, 2.05) is 0 Å². The highest BCUT2D eigenvalue weighted by Gasteiger charge is 2.34. The summed E-state index contributed by atoms with van der Waals surface area (Å²) < 4.78 is 42.5. The third kappa shape index (κ3) is 3.73. The summed E-state index contributed by atoms with van der Waals surface area (Å²) >= 11 is 0. The highest BCUT2D eigenvalue weighted by molar-refractivity contribution is 7.91. The lowest BCUT2D eigenvalue weighted by atomic mass is 10.2. The number of rotatable bonds is 4. The van der Waals surface area contributed by atoms with Crippen molar-refractivity contribution >= 4 is 33.2 Å². The molecular formula is C15H17FN3O6S-. The first kappa shape index (κ1) is 18.4. The Hall–Kier alpha value is -2.40. The summed E-state index contributed by atoms with van der Waals surface area (Å²) in [6.45, 7) is 1.01. The second kappa shape index (κ2) is 6.72. The maximum atomic E-state index is 14.4. The van der Waals surface area contributed by atoms with Crippen LogP contribution in [0.2, 0.25) is 0 Å². The standard InChI is InChI=1S/C15H17FN3O6S/c1-10(20)19(22)8-12-7-18(15(21)25-12)11-2-3-14(13(16)6-11)17-4-5-26(23,24)9-17/h2-3,6,12H,4-5,7-9H2,1H3/q-1/t12-/m0/s1. The lowest BCUT2D eigenvalue weighted by Gasteiger charge is -2.28. The predicted molar refractivity (Wildman–Crippen MR) is 90.8 cm³/mol. The van der Waals surface area contributed by atoms with Gasteiger partial charge in [-0.1, -0.05) is 0 Å². The van der Waals surface area contributed by atoms with Gasteiger partial charge in [0.05, 0.1) is 23.7 Å². The van der Waals surface area contributed by atoms with Gasteiger partial charge in [-0.25, -0.2) is 17.6 Å². The van der Waals surface area contributed by atoms with E-state index in [9.17, 15) is 27.6 Å². The molecule has 2 heterocycles. The van der Waals surface area contributed by atoms with Gasteiger partial charge in [-0.2, -0.15) is 0 Å². The lowest BCUT2D eigenvalue weighted by molar-refractivity contribution is -0.127. The Morgan fingerprint density at radius 1 is 1.46 bits per heavy atom. The molecule has 0 aromatic heterocycles. The van der Waals surface area contributed by atoms with Crippen LogP contribution in [0.25, 0.3) is 0 Å². The second-order valence-electron chi connectivity index (χ2n) is 6.17. The van der Waals surface area contributed by atoms with E-state index in [0.717, 1.165) is 17.9 Å². The van der Waals surface area contributed by atoms with Gasteiger partial charge in [0, 0.05) is 20.0 Å². The van der Waals surface area contributed by atoms with Gasteiger partial charge >= 0.3 is 6.09 Å². The van der Waals surface area contributed by atoms with Gasteiger partial charge in [0.15, 0.2) is 9.84 Å². The van der Waals surface area contributed by atoms with E-state index >= 15 is 0 Å². The van der Waals surface area contributed by atoms with Crippen molar-refractivity contribution in [3.05, 3.63) is 29.2 Å². The summed E-state index contributed by atoms with van der Waals surface area (Å²) in [4.78, 5) is 25.5. The van der Waals surface area contributed by atoms with Gasteiger partial charge in [-0.05, 0) is 18.2 Å². The minimum Gasteiger partial charge on any atom is -0.756 e. The van der Waals surface area contributed by atoms with Crippen LogP contribution in [0.15, 0.2) is 18.2 Å². The summed E-state index contributed by atoms with van der Waals surface area (Å²) in [6.07, 6.45) is -1.56. The minimum absolute atomic E-state index is 0.00172. The molecule has 2 amide bonds. The van der Waals surface area contributed by atoms with Crippen molar-refractivity contribution in [2.24, 2.45) is 0 Å². The molecule has 1 aromatic carbocycles. The van der Waals surface area contributed by atoms with Gasteiger partial charge in [-0.15, -0.1) is 0 Å². The number of benzene rings is 1. The molecule has 0 radical (unpaired) electrons. The van der Waals surface area contributed by atoms with Crippen LogP contribution < -0.4 is 9.80 Å². The molecule has 2 aliphatic heterocycles. The van der Waals surface area contributed by atoms with Crippen molar-refractivity contribution in [2.75, 3.05) is 41.1 Å². The molecule has 1 aromatic rings. The highest BCUT2D eigenvalue weighted by atomic mass is 32.2. The smallest absolute Gasteiger partial charge is 0.414 e. The van der Waals surface area contributed by atoms with E-state index in [-0.39, 0.29) is 47.7 Å². The first-order valence-corrected chi connectivity index (χ1v) is 9.67. The Morgan fingerprint density at radius 3 is 2.77 bits per heavy atom. The van der Waals surface area contributed by atoms with Crippen LogP contribution >= 0.6 is 0 Å². The van der Waals surface area contributed by atoms with E-state index in [0.29, 0.717) is 0 Å². The summed E-state index contributed by atoms with van der Waals surface area (Å²) in [7, 11) is -3.21. The maximum Gasteiger partial charge on any atom is 0.414 e. The van der Waals surface area contributed by atoms with E-state index < -0.39 is 33.8 Å². The van der Waals surface area contributed by atoms with Crippen LogP contribution in [0, 0.1) is 11.0 Å². The summed E-state index contributed by atoms with van der Waals surface area (Å²) in [5, 5.41) is 11.6. The number of carbonyl (C=O) groups is 2. The predicted octanol–water partition coefficient (Wildman–Crippen LogP) is 0.690. The zero-order valence-electron chi connectivity index (χ0n) is 13.9. The molecule has 0 N–H and O–H groups in total. The fourth-order valence-corrected chi connectivity index (χ4v) is 4.24. The van der Waals surface area contributed by atoms with Crippen molar-refractivity contribution < 1.29 is 27.1 Å². The topological polar surface area (TPSA) is 110 Å². The van der Waals surface area contributed by atoms with Crippen LogP contribution in [0.5, 0.6) is 0 Å². The number of nitrogens with zero attached hydrogens (tertiary/aromatic N) is 3. The Bertz CT molecular complexity index is 846. The van der Waals surface area contributed by atoms with Gasteiger partial charge in [0.1, 0.15) is 17.8 Å². The van der Waals surface area contributed by atoms with Crippen molar-refractivity contribution in [3.8, 4) is 0 Å². The van der Waals surface area contributed by atoms with Crippen LogP contribution in [0.3, 0.4) is 0 Å². The van der Waals surface area contributed by atoms with Crippen molar-refractivity contribution in [1.82, 2.24) is 5.06 Å². The minimum atomic E-state index is -3.21. The number of hydrogen-bond acceptors (Lipinski definition) is 7. The Morgan fingerprint density at radius 2 is 2.19 bits per heavy atom. The highest BCUT2D eigenvalue weighted by Crippen LogP contribution is 2.29. The van der Waals surface area contributed by atoms with Gasteiger partial charge in [-0.3, -0.25) is 9.69 Å². The number of ether oxygens (including phenoxy) is 1. The van der Waals surface area contributed by atoms with Crippen LogP contribution in [-0.2, 0) is 19.4 Å². The molecule has 26 heavy (non-hydrogen) atoms. The number of anilines is 2. The monoisotopic (exact) mass is 386 g/mol. The first-order valence-electron chi connectivity index (χ1n) is 7.84. The van der Waals surface area contributed by atoms with Crippen LogP contribution in [-0.4, -0.2) is 62.8 Å². The van der Waals surface area contributed by atoms with E-state index in [4.69, 9.17) is 4.74 Å². The third-order valence-corrected chi connectivity index (χ3v) is 5.71. The number of hydrogen-bond donors (Lipinski definition) is 0. The molecule has 2 aliphatic rings. The molecule has 0 aliphatic carbocycles. The zero-order valence-corrected chi connectivity index (χ0v) is 14.7. The molecule has 0 bridgehead atoms. The number of carbonyl (C=O) groups excluding carboxylic acids is 2. The molecule has 1 atom stereocenters. The van der Waals surface area contributed by atoms with Gasteiger partial charge in [0.25, 0.3) is 0 Å². The van der Waals surface area contributed by atoms with Crippen molar-refractivity contribution in [1.29, 1.82) is 0 Å².